The fourth-order valence-electron chi connectivity index (χ4n) is 3.02. The predicted octanol–water partition coefficient (Wildman–Crippen LogP) is 2.10. The second-order valence-electron chi connectivity index (χ2n) is 5.78. The Morgan fingerprint density at radius 2 is 1.95 bits per heavy atom. The lowest BCUT2D eigenvalue weighted by atomic mass is 9.73. The second-order valence-corrected chi connectivity index (χ2v) is 5.78. The molecule has 0 aromatic carbocycles. The van der Waals surface area contributed by atoms with Gasteiger partial charge in [-0.1, -0.05) is 0 Å². The van der Waals surface area contributed by atoms with Gasteiger partial charge in [-0.2, -0.15) is 0 Å². The summed E-state index contributed by atoms with van der Waals surface area (Å²) in [7, 11) is 3.71. The van der Waals surface area contributed by atoms with Crippen LogP contribution in [-0.2, 0) is 11.2 Å². The Bertz CT molecular complexity index is 436. The van der Waals surface area contributed by atoms with Gasteiger partial charge in [0.15, 0.2) is 0 Å². The zero-order valence-electron chi connectivity index (χ0n) is 13.2. The van der Waals surface area contributed by atoms with Crippen LogP contribution >= 0.6 is 24.8 Å². The SMILES string of the molecule is CN(C)C(=O)C1(CCCc2cnccn2)CCNCC1.Cl.Cl. The molecule has 5 nitrogen and oxygen atoms in total. The average molecular weight is 349 g/mol. The Kier molecular flexibility index (Phi) is 9.56. The maximum absolute atomic E-state index is 12.5. The molecule has 7 heteroatoms. The first kappa shape index (κ1) is 21.1. The minimum absolute atomic E-state index is 0. The van der Waals surface area contributed by atoms with Gasteiger partial charge in [0.2, 0.25) is 5.91 Å². The van der Waals surface area contributed by atoms with Crippen LogP contribution in [-0.4, -0.2) is 48.0 Å². The fourth-order valence-corrected chi connectivity index (χ4v) is 3.02. The number of piperidine rings is 1. The summed E-state index contributed by atoms with van der Waals surface area (Å²) in [6.07, 6.45) is 9.90. The minimum atomic E-state index is -0.184. The lowest BCUT2D eigenvalue weighted by Crippen LogP contribution is -2.47. The van der Waals surface area contributed by atoms with Gasteiger partial charge in [0.25, 0.3) is 0 Å². The molecule has 1 fully saturated rings. The van der Waals surface area contributed by atoms with Gasteiger partial charge in [-0.25, -0.2) is 0 Å². The Morgan fingerprint density at radius 1 is 1.27 bits per heavy atom. The third-order valence-corrected chi connectivity index (χ3v) is 4.13. The van der Waals surface area contributed by atoms with Crippen molar-refractivity contribution >= 4 is 30.7 Å². The number of nitrogens with zero attached hydrogens (tertiary/aromatic N) is 3. The van der Waals surface area contributed by atoms with Crippen LogP contribution in [0.25, 0.3) is 0 Å². The number of aromatic nitrogens is 2. The molecule has 126 valence electrons. The van der Waals surface area contributed by atoms with E-state index in [-0.39, 0.29) is 36.1 Å². The van der Waals surface area contributed by atoms with Crippen LogP contribution in [0.1, 0.15) is 31.4 Å². The van der Waals surface area contributed by atoms with Crippen LogP contribution in [0, 0.1) is 5.41 Å². The molecule has 2 rings (SSSR count). The normalized spacial score (nSPS) is 16.1. The van der Waals surface area contributed by atoms with E-state index in [1.165, 1.54) is 0 Å². The van der Waals surface area contributed by atoms with Gasteiger partial charge in [-0.3, -0.25) is 14.8 Å². The first-order valence-corrected chi connectivity index (χ1v) is 7.31. The number of hydrogen-bond donors (Lipinski definition) is 1. The Morgan fingerprint density at radius 3 is 2.50 bits per heavy atom. The molecule has 1 amide bonds. The van der Waals surface area contributed by atoms with Crippen LogP contribution in [0.2, 0.25) is 0 Å². The number of halogens is 2. The highest BCUT2D eigenvalue weighted by Gasteiger charge is 2.39. The average Bonchev–Trinajstić information content (AvgIpc) is 2.48. The monoisotopic (exact) mass is 348 g/mol. The number of aryl methyl sites for hydroxylation is 1. The molecule has 0 spiro atoms. The zero-order valence-corrected chi connectivity index (χ0v) is 14.9. The van der Waals surface area contributed by atoms with Crippen molar-refractivity contribution in [3.8, 4) is 0 Å². The molecule has 1 N–H and O–H groups in total. The molecule has 1 aromatic heterocycles. The lowest BCUT2D eigenvalue weighted by Gasteiger charge is -2.38. The van der Waals surface area contributed by atoms with Gasteiger partial charge in [0, 0.05) is 32.7 Å². The quantitative estimate of drug-likeness (QED) is 0.885. The highest BCUT2D eigenvalue weighted by atomic mass is 35.5. The number of carbonyl (C=O) groups excluding carboxylic acids is 1. The second kappa shape index (κ2) is 9.98. The van der Waals surface area contributed by atoms with Crippen molar-refractivity contribution in [1.82, 2.24) is 20.2 Å². The Balaban J connectivity index is 0.00000220. The molecule has 0 unspecified atom stereocenters. The van der Waals surface area contributed by atoms with E-state index in [1.807, 2.05) is 20.3 Å². The van der Waals surface area contributed by atoms with Crippen molar-refractivity contribution in [2.75, 3.05) is 27.2 Å². The summed E-state index contributed by atoms with van der Waals surface area (Å²) >= 11 is 0. The summed E-state index contributed by atoms with van der Waals surface area (Å²) in [6.45, 7) is 1.87. The maximum atomic E-state index is 12.5. The molecular weight excluding hydrogens is 323 g/mol. The number of amides is 1. The van der Waals surface area contributed by atoms with Crippen molar-refractivity contribution in [2.24, 2.45) is 5.41 Å². The van der Waals surface area contributed by atoms with E-state index >= 15 is 0 Å². The van der Waals surface area contributed by atoms with Gasteiger partial charge in [-0.15, -0.1) is 24.8 Å². The molecular formula is C15H26Cl2N4O. The van der Waals surface area contributed by atoms with Gasteiger partial charge >= 0.3 is 0 Å². The van der Waals surface area contributed by atoms with Crippen LogP contribution < -0.4 is 5.32 Å². The van der Waals surface area contributed by atoms with Crippen molar-refractivity contribution < 1.29 is 4.79 Å². The number of nitrogens with one attached hydrogen (secondary N) is 1. The van der Waals surface area contributed by atoms with E-state index in [0.29, 0.717) is 0 Å². The van der Waals surface area contributed by atoms with Crippen LogP contribution in [0.3, 0.4) is 0 Å². The van der Waals surface area contributed by atoms with Gasteiger partial charge in [-0.05, 0) is 45.2 Å². The van der Waals surface area contributed by atoms with Crippen molar-refractivity contribution in [1.29, 1.82) is 0 Å². The highest BCUT2D eigenvalue weighted by Crippen LogP contribution is 2.36. The molecule has 0 atom stereocenters. The topological polar surface area (TPSA) is 58.1 Å². The van der Waals surface area contributed by atoms with Crippen molar-refractivity contribution in [2.45, 2.75) is 32.1 Å². The molecule has 2 heterocycles. The summed E-state index contributed by atoms with van der Waals surface area (Å²) in [5, 5.41) is 3.35. The molecule has 1 saturated heterocycles. The van der Waals surface area contributed by atoms with E-state index in [9.17, 15) is 4.79 Å². The van der Waals surface area contributed by atoms with E-state index in [0.717, 1.165) is 50.9 Å². The summed E-state index contributed by atoms with van der Waals surface area (Å²) in [6, 6.07) is 0. The van der Waals surface area contributed by atoms with Crippen LogP contribution in [0.4, 0.5) is 0 Å². The van der Waals surface area contributed by atoms with E-state index in [2.05, 4.69) is 15.3 Å². The molecule has 0 aliphatic carbocycles. The van der Waals surface area contributed by atoms with Gasteiger partial charge < -0.3 is 10.2 Å². The van der Waals surface area contributed by atoms with Gasteiger partial charge in [0.1, 0.15) is 0 Å². The van der Waals surface area contributed by atoms with E-state index in [4.69, 9.17) is 0 Å². The Hall–Kier alpha value is -0.910. The first-order valence-electron chi connectivity index (χ1n) is 7.31. The molecule has 1 aliphatic heterocycles. The molecule has 0 bridgehead atoms. The largest absolute Gasteiger partial charge is 0.348 e. The number of carbonyl (C=O) groups is 1. The molecule has 1 aromatic rings. The van der Waals surface area contributed by atoms with Gasteiger partial charge in [0.05, 0.1) is 11.1 Å². The summed E-state index contributed by atoms with van der Waals surface area (Å²) in [4.78, 5) is 22.7. The van der Waals surface area contributed by atoms with Crippen LogP contribution in [0.15, 0.2) is 18.6 Å². The summed E-state index contributed by atoms with van der Waals surface area (Å²) in [5.41, 5.74) is 0.825. The predicted molar refractivity (Wildman–Crippen MR) is 92.7 cm³/mol. The summed E-state index contributed by atoms with van der Waals surface area (Å²) < 4.78 is 0. The fraction of sp³-hybridized carbons (Fsp3) is 0.667. The molecule has 22 heavy (non-hydrogen) atoms. The van der Waals surface area contributed by atoms with Crippen molar-refractivity contribution in [3.05, 3.63) is 24.3 Å². The van der Waals surface area contributed by atoms with E-state index in [1.54, 1.807) is 17.3 Å². The lowest BCUT2D eigenvalue weighted by molar-refractivity contribution is -0.141. The maximum Gasteiger partial charge on any atom is 0.228 e. The van der Waals surface area contributed by atoms with Crippen LogP contribution in [0.5, 0.6) is 0 Å². The summed E-state index contributed by atoms with van der Waals surface area (Å²) in [5.74, 6) is 0.276. The number of rotatable bonds is 5. The number of hydrogen-bond acceptors (Lipinski definition) is 4. The zero-order chi connectivity index (χ0) is 14.4. The standard InChI is InChI=1S/C15H24N4O.2ClH/c1-19(2)14(20)15(6-8-16-9-7-15)5-3-4-13-12-17-10-11-18-13;;/h10-12,16H,3-9H2,1-2H3;2*1H. The molecule has 1 aliphatic rings. The van der Waals surface area contributed by atoms with E-state index < -0.39 is 0 Å². The third kappa shape index (κ3) is 5.38. The molecule has 0 saturated carbocycles. The Labute approximate surface area is 145 Å². The molecule has 0 radical (unpaired) electrons. The smallest absolute Gasteiger partial charge is 0.228 e. The van der Waals surface area contributed by atoms with Crippen molar-refractivity contribution in [3.63, 3.8) is 0 Å². The minimum Gasteiger partial charge on any atom is -0.348 e. The first-order chi connectivity index (χ1) is 9.64. The highest BCUT2D eigenvalue weighted by molar-refractivity contribution is 5.85. The third-order valence-electron chi connectivity index (χ3n) is 4.13.